The molecule has 0 fully saturated rings. The molecule has 1 aromatic rings. The van der Waals surface area contributed by atoms with Crippen LogP contribution in [0.15, 0.2) is 24.3 Å². The summed E-state index contributed by atoms with van der Waals surface area (Å²) in [7, 11) is 0. The van der Waals surface area contributed by atoms with Crippen LogP contribution in [-0.2, 0) is 0 Å². The Hall–Kier alpha value is -0.890. The minimum Gasteiger partial charge on any atom is -0.310 e. The van der Waals surface area contributed by atoms with E-state index in [1.165, 1.54) is 6.07 Å². The highest BCUT2D eigenvalue weighted by molar-refractivity contribution is 5.19. The zero-order valence-corrected chi connectivity index (χ0v) is 9.05. The third-order valence-corrected chi connectivity index (χ3v) is 2.18. The van der Waals surface area contributed by atoms with Crippen molar-refractivity contribution in [3.8, 4) is 0 Å². The van der Waals surface area contributed by atoms with Crippen LogP contribution < -0.4 is 5.32 Å². The molecule has 0 aliphatic carbocycles. The van der Waals surface area contributed by atoms with Gasteiger partial charge in [0.25, 0.3) is 0 Å². The molecule has 0 aliphatic rings. The third-order valence-electron chi connectivity index (χ3n) is 2.18. The maximum atomic E-state index is 12.9. The maximum absolute atomic E-state index is 12.9. The van der Waals surface area contributed by atoms with Crippen molar-refractivity contribution < 1.29 is 4.39 Å². The van der Waals surface area contributed by atoms with Crippen LogP contribution >= 0.6 is 0 Å². The third kappa shape index (κ3) is 3.46. The summed E-state index contributed by atoms with van der Waals surface area (Å²) in [5, 5.41) is 3.36. The lowest BCUT2D eigenvalue weighted by Crippen LogP contribution is -2.23. The maximum Gasteiger partial charge on any atom is 0.123 e. The lowest BCUT2D eigenvalue weighted by atomic mass is 10.1. The molecule has 0 spiro atoms. The first-order chi connectivity index (χ1) is 6.59. The molecule has 0 amide bonds. The Kier molecular flexibility index (Phi) is 4.08. The molecule has 2 heteroatoms. The van der Waals surface area contributed by atoms with Crippen LogP contribution in [0.25, 0.3) is 0 Å². The van der Waals surface area contributed by atoms with Gasteiger partial charge in [-0.15, -0.1) is 0 Å². The molecule has 78 valence electrons. The van der Waals surface area contributed by atoms with Gasteiger partial charge in [-0.1, -0.05) is 26.0 Å². The number of rotatable bonds is 4. The van der Waals surface area contributed by atoms with E-state index in [4.69, 9.17) is 0 Å². The lowest BCUT2D eigenvalue weighted by molar-refractivity contribution is 0.494. The summed E-state index contributed by atoms with van der Waals surface area (Å²) in [5.74, 6) is 0.451. The van der Waals surface area contributed by atoms with E-state index < -0.39 is 0 Å². The van der Waals surface area contributed by atoms with E-state index in [0.717, 1.165) is 12.1 Å². The van der Waals surface area contributed by atoms with Gasteiger partial charge in [0.2, 0.25) is 0 Å². The predicted molar refractivity (Wildman–Crippen MR) is 57.7 cm³/mol. The molecule has 1 aromatic carbocycles. The Morgan fingerprint density at radius 2 is 2.00 bits per heavy atom. The average molecular weight is 195 g/mol. The van der Waals surface area contributed by atoms with Gasteiger partial charge >= 0.3 is 0 Å². The van der Waals surface area contributed by atoms with Crippen LogP contribution in [0.3, 0.4) is 0 Å². The fourth-order valence-electron chi connectivity index (χ4n) is 1.31. The Labute approximate surface area is 85.3 Å². The van der Waals surface area contributed by atoms with Gasteiger partial charge in [0.1, 0.15) is 5.82 Å². The number of hydrogen-bond donors (Lipinski definition) is 1. The van der Waals surface area contributed by atoms with E-state index in [-0.39, 0.29) is 11.9 Å². The molecule has 0 aliphatic heterocycles. The van der Waals surface area contributed by atoms with Gasteiger partial charge in [-0.25, -0.2) is 4.39 Å². The second-order valence-electron chi connectivity index (χ2n) is 4.08. The fourth-order valence-corrected chi connectivity index (χ4v) is 1.31. The summed E-state index contributed by atoms with van der Waals surface area (Å²) >= 11 is 0. The topological polar surface area (TPSA) is 12.0 Å². The van der Waals surface area contributed by atoms with Crippen LogP contribution in [0.2, 0.25) is 0 Å². The number of nitrogens with one attached hydrogen (secondary N) is 1. The molecule has 0 saturated carbocycles. The minimum absolute atomic E-state index is 0.166. The highest BCUT2D eigenvalue weighted by atomic mass is 19.1. The van der Waals surface area contributed by atoms with Crippen LogP contribution in [0, 0.1) is 11.7 Å². The predicted octanol–water partition coefficient (Wildman–Crippen LogP) is 3.13. The monoisotopic (exact) mass is 195 g/mol. The van der Waals surface area contributed by atoms with Crippen molar-refractivity contribution >= 4 is 0 Å². The average Bonchev–Trinajstić information content (AvgIpc) is 2.14. The van der Waals surface area contributed by atoms with Crippen LogP contribution in [0.5, 0.6) is 0 Å². The summed E-state index contributed by atoms with van der Waals surface area (Å²) in [4.78, 5) is 0. The second kappa shape index (κ2) is 5.11. The lowest BCUT2D eigenvalue weighted by Gasteiger charge is -2.15. The molecule has 1 rings (SSSR count). The molecule has 1 unspecified atom stereocenters. The number of hydrogen-bond acceptors (Lipinski definition) is 1. The largest absolute Gasteiger partial charge is 0.310 e. The van der Waals surface area contributed by atoms with E-state index in [0.29, 0.717) is 5.92 Å². The van der Waals surface area contributed by atoms with Crippen LogP contribution in [0.4, 0.5) is 4.39 Å². The van der Waals surface area contributed by atoms with Gasteiger partial charge < -0.3 is 5.32 Å². The molecule has 0 bridgehead atoms. The van der Waals surface area contributed by atoms with Crippen molar-refractivity contribution in [2.75, 3.05) is 6.54 Å². The van der Waals surface area contributed by atoms with E-state index in [9.17, 15) is 4.39 Å². The zero-order valence-electron chi connectivity index (χ0n) is 9.05. The van der Waals surface area contributed by atoms with Crippen molar-refractivity contribution in [2.45, 2.75) is 26.8 Å². The van der Waals surface area contributed by atoms with Crippen LogP contribution in [-0.4, -0.2) is 6.54 Å². The second-order valence-corrected chi connectivity index (χ2v) is 4.08. The number of halogens is 1. The first-order valence-corrected chi connectivity index (χ1v) is 5.08. The fraction of sp³-hybridized carbons (Fsp3) is 0.500. The molecule has 14 heavy (non-hydrogen) atoms. The van der Waals surface area contributed by atoms with Crippen molar-refractivity contribution in [1.82, 2.24) is 5.32 Å². The smallest absolute Gasteiger partial charge is 0.123 e. The van der Waals surface area contributed by atoms with Crippen LogP contribution in [0.1, 0.15) is 32.4 Å². The van der Waals surface area contributed by atoms with E-state index in [2.05, 4.69) is 26.1 Å². The molecule has 0 heterocycles. The Morgan fingerprint density at radius 1 is 1.29 bits per heavy atom. The SMILES string of the molecule is CC(C)CNC(C)c1cccc(F)c1. The highest BCUT2D eigenvalue weighted by Crippen LogP contribution is 2.13. The van der Waals surface area contributed by atoms with Gasteiger partial charge in [0.15, 0.2) is 0 Å². The van der Waals surface area contributed by atoms with Gasteiger partial charge in [0, 0.05) is 6.04 Å². The summed E-state index contributed by atoms with van der Waals surface area (Å²) < 4.78 is 12.9. The van der Waals surface area contributed by atoms with Crippen molar-refractivity contribution in [3.05, 3.63) is 35.6 Å². The van der Waals surface area contributed by atoms with E-state index >= 15 is 0 Å². The minimum atomic E-state index is -0.166. The summed E-state index contributed by atoms with van der Waals surface area (Å²) in [6.45, 7) is 7.32. The molecular formula is C12H18FN. The zero-order chi connectivity index (χ0) is 10.6. The summed E-state index contributed by atoms with van der Waals surface area (Å²) in [6, 6.07) is 6.96. The van der Waals surface area contributed by atoms with Gasteiger partial charge in [-0.2, -0.15) is 0 Å². The summed E-state index contributed by atoms with van der Waals surface area (Å²) in [6.07, 6.45) is 0. The van der Waals surface area contributed by atoms with E-state index in [1.807, 2.05) is 6.07 Å². The van der Waals surface area contributed by atoms with Gasteiger partial charge in [0.05, 0.1) is 0 Å². The Balaban J connectivity index is 2.56. The Morgan fingerprint density at radius 3 is 2.57 bits per heavy atom. The molecule has 1 N–H and O–H groups in total. The van der Waals surface area contributed by atoms with Crippen molar-refractivity contribution in [1.29, 1.82) is 0 Å². The first-order valence-electron chi connectivity index (χ1n) is 5.08. The van der Waals surface area contributed by atoms with Crippen molar-refractivity contribution in [2.24, 2.45) is 5.92 Å². The molecule has 0 aromatic heterocycles. The van der Waals surface area contributed by atoms with E-state index in [1.54, 1.807) is 12.1 Å². The molecule has 1 atom stereocenters. The van der Waals surface area contributed by atoms with Crippen molar-refractivity contribution in [3.63, 3.8) is 0 Å². The van der Waals surface area contributed by atoms with Gasteiger partial charge in [-0.3, -0.25) is 0 Å². The first kappa shape index (κ1) is 11.2. The quantitative estimate of drug-likeness (QED) is 0.778. The van der Waals surface area contributed by atoms with Gasteiger partial charge in [-0.05, 0) is 37.1 Å². The highest BCUT2D eigenvalue weighted by Gasteiger charge is 2.05. The molecule has 0 radical (unpaired) electrons. The summed E-state index contributed by atoms with van der Waals surface area (Å²) in [5.41, 5.74) is 1.01. The number of benzene rings is 1. The Bertz CT molecular complexity index is 283. The molecule has 1 nitrogen and oxygen atoms in total. The molecular weight excluding hydrogens is 177 g/mol. The standard InChI is InChI=1S/C12H18FN/c1-9(2)8-14-10(3)11-5-4-6-12(13)7-11/h4-7,9-10,14H,8H2,1-3H3. The normalized spacial score (nSPS) is 13.2. The molecule has 0 saturated heterocycles.